The van der Waals surface area contributed by atoms with Crippen LogP contribution in [0.5, 0.6) is 0 Å². The van der Waals surface area contributed by atoms with Gasteiger partial charge in [0, 0.05) is 0 Å². The number of hydrogen-bond acceptors (Lipinski definition) is 0. The summed E-state index contributed by atoms with van der Waals surface area (Å²) >= 11 is 0. The molecule has 0 saturated heterocycles. The lowest BCUT2D eigenvalue weighted by atomic mass is 9.47. The fraction of sp³-hybridized carbons (Fsp3) is 1.00. The first-order valence-corrected chi connectivity index (χ1v) is 5.08. The fourth-order valence-corrected chi connectivity index (χ4v) is 3.97. The zero-order valence-corrected chi connectivity index (χ0v) is 7.00. The monoisotopic (exact) mass is 146 g/mol. The van der Waals surface area contributed by atoms with Crippen molar-refractivity contribution in [2.24, 2.45) is 23.7 Å². The van der Waals surface area contributed by atoms with E-state index in [-0.39, 0.29) is 0 Å². The molecule has 0 atom stereocenters. The molecule has 58 valence electrons. The molecule has 0 amide bonds. The highest BCUT2D eigenvalue weighted by Crippen LogP contribution is 2.57. The minimum atomic E-state index is 0.586. The Morgan fingerprint density at radius 2 is 1.18 bits per heavy atom. The molecule has 4 aliphatic carbocycles. The summed E-state index contributed by atoms with van der Waals surface area (Å²) in [5.74, 6) is 4.59. The summed E-state index contributed by atoms with van der Waals surface area (Å²) in [5, 5.41) is 0. The van der Waals surface area contributed by atoms with Crippen molar-refractivity contribution in [3.63, 3.8) is 0 Å². The molecule has 4 rings (SSSR count). The smallest absolute Gasteiger partial charge is 0.0707 e. The molecule has 4 fully saturated rings. The second kappa shape index (κ2) is 2.05. The zero-order chi connectivity index (χ0) is 7.42. The van der Waals surface area contributed by atoms with E-state index >= 15 is 0 Å². The van der Waals surface area contributed by atoms with Gasteiger partial charge >= 0.3 is 0 Å². The lowest BCUT2D eigenvalue weighted by molar-refractivity contribution is 0.0211. The van der Waals surface area contributed by atoms with Crippen molar-refractivity contribution in [3.05, 3.63) is 0 Å². The van der Waals surface area contributed by atoms with Gasteiger partial charge in [-0.1, -0.05) is 5.82 Å². The summed E-state index contributed by atoms with van der Waals surface area (Å²) in [6, 6.07) is 0. The molecule has 0 aromatic carbocycles. The largest absolute Gasteiger partial charge is 0.0718 e. The molecule has 0 unspecified atom stereocenters. The SMILES string of the molecule is [B]C1C2CC3CC(C2)CC1C3. The maximum atomic E-state index is 6.17. The Kier molecular flexibility index (Phi) is 1.23. The summed E-state index contributed by atoms with van der Waals surface area (Å²) in [6.07, 6.45) is 7.41. The second-order valence-electron chi connectivity index (χ2n) is 5.01. The summed E-state index contributed by atoms with van der Waals surface area (Å²) in [6.45, 7) is 0. The van der Waals surface area contributed by atoms with Gasteiger partial charge in [0.05, 0.1) is 7.85 Å². The van der Waals surface area contributed by atoms with E-state index in [2.05, 4.69) is 0 Å². The molecule has 0 spiro atoms. The van der Waals surface area contributed by atoms with Crippen LogP contribution in [0.4, 0.5) is 0 Å². The van der Waals surface area contributed by atoms with Crippen LogP contribution < -0.4 is 0 Å². The highest BCUT2D eigenvalue weighted by atomic mass is 14.5. The van der Waals surface area contributed by atoms with E-state index in [1.807, 2.05) is 0 Å². The fourth-order valence-electron chi connectivity index (χ4n) is 3.97. The van der Waals surface area contributed by atoms with Gasteiger partial charge in [0.1, 0.15) is 0 Å². The third-order valence-corrected chi connectivity index (χ3v) is 4.30. The summed E-state index contributed by atoms with van der Waals surface area (Å²) in [5.41, 5.74) is 0. The predicted molar refractivity (Wildman–Crippen MR) is 46.5 cm³/mol. The topological polar surface area (TPSA) is 0 Å². The molecular weight excluding hydrogens is 131 g/mol. The van der Waals surface area contributed by atoms with Crippen molar-refractivity contribution in [2.45, 2.75) is 37.9 Å². The van der Waals surface area contributed by atoms with Gasteiger partial charge in [-0.05, 0) is 55.8 Å². The third kappa shape index (κ3) is 0.831. The average Bonchev–Trinajstić information content (AvgIpc) is 1.98. The Hall–Kier alpha value is 0.0649. The Labute approximate surface area is 70.2 Å². The molecule has 0 aromatic rings. The summed E-state index contributed by atoms with van der Waals surface area (Å²) < 4.78 is 0. The van der Waals surface area contributed by atoms with Gasteiger partial charge in [0.15, 0.2) is 0 Å². The van der Waals surface area contributed by atoms with Gasteiger partial charge in [-0.3, -0.25) is 0 Å². The lowest BCUT2D eigenvalue weighted by Gasteiger charge is -2.54. The molecule has 0 aromatic heterocycles. The molecule has 2 radical (unpaired) electrons. The Morgan fingerprint density at radius 3 is 1.64 bits per heavy atom. The first-order chi connectivity index (χ1) is 5.33. The van der Waals surface area contributed by atoms with E-state index in [1.54, 1.807) is 6.42 Å². The second-order valence-corrected chi connectivity index (χ2v) is 5.01. The Balaban J connectivity index is 1.91. The van der Waals surface area contributed by atoms with E-state index in [9.17, 15) is 0 Å². The quantitative estimate of drug-likeness (QED) is 0.460. The van der Waals surface area contributed by atoms with Crippen molar-refractivity contribution in [1.82, 2.24) is 0 Å². The van der Waals surface area contributed by atoms with Crippen molar-refractivity contribution in [2.75, 3.05) is 0 Å². The highest BCUT2D eigenvalue weighted by Gasteiger charge is 2.45. The molecule has 4 saturated carbocycles. The van der Waals surface area contributed by atoms with Gasteiger partial charge in [0.2, 0.25) is 0 Å². The Morgan fingerprint density at radius 1 is 0.727 bits per heavy atom. The Bertz CT molecular complexity index is 148. The average molecular weight is 146 g/mol. The van der Waals surface area contributed by atoms with Crippen molar-refractivity contribution in [3.8, 4) is 0 Å². The van der Waals surface area contributed by atoms with Crippen LogP contribution >= 0.6 is 0 Å². The van der Waals surface area contributed by atoms with E-state index in [0.717, 1.165) is 23.7 Å². The van der Waals surface area contributed by atoms with Gasteiger partial charge in [-0.2, -0.15) is 0 Å². The van der Waals surface area contributed by atoms with Crippen LogP contribution in [0, 0.1) is 23.7 Å². The van der Waals surface area contributed by atoms with Crippen LogP contribution in [-0.2, 0) is 0 Å². The standard InChI is InChI=1S/C10H15B/c11-10-8-2-6-1-7(4-8)5-9(10)3-6/h6-10H,1-5H2. The maximum Gasteiger partial charge on any atom is 0.0707 e. The molecule has 0 N–H and O–H groups in total. The molecule has 1 heteroatoms. The van der Waals surface area contributed by atoms with E-state index in [0.29, 0.717) is 5.82 Å². The van der Waals surface area contributed by atoms with E-state index < -0.39 is 0 Å². The van der Waals surface area contributed by atoms with Gasteiger partial charge in [-0.15, -0.1) is 0 Å². The van der Waals surface area contributed by atoms with Crippen LogP contribution in [0.2, 0.25) is 5.82 Å². The van der Waals surface area contributed by atoms with Gasteiger partial charge in [0.25, 0.3) is 0 Å². The third-order valence-electron chi connectivity index (χ3n) is 4.30. The highest BCUT2D eigenvalue weighted by molar-refractivity contribution is 6.12. The number of rotatable bonds is 0. The van der Waals surface area contributed by atoms with Crippen LogP contribution in [-0.4, -0.2) is 7.85 Å². The molecule has 0 aliphatic heterocycles. The lowest BCUT2D eigenvalue weighted by Crippen LogP contribution is -2.42. The minimum Gasteiger partial charge on any atom is -0.0718 e. The van der Waals surface area contributed by atoms with Crippen molar-refractivity contribution < 1.29 is 0 Å². The minimum absolute atomic E-state index is 0.586. The first kappa shape index (κ1) is 6.57. The van der Waals surface area contributed by atoms with Crippen molar-refractivity contribution in [1.29, 1.82) is 0 Å². The van der Waals surface area contributed by atoms with E-state index in [4.69, 9.17) is 7.85 Å². The van der Waals surface area contributed by atoms with Crippen LogP contribution in [0.1, 0.15) is 32.1 Å². The molecule has 4 aliphatic rings. The predicted octanol–water partition coefficient (Wildman–Crippen LogP) is 2.40. The summed E-state index contributed by atoms with van der Waals surface area (Å²) in [4.78, 5) is 0. The van der Waals surface area contributed by atoms with Gasteiger partial charge < -0.3 is 0 Å². The molecule has 11 heavy (non-hydrogen) atoms. The maximum absolute atomic E-state index is 6.17. The molecule has 4 bridgehead atoms. The van der Waals surface area contributed by atoms with Crippen LogP contribution in [0.3, 0.4) is 0 Å². The molecular formula is C10H15B. The van der Waals surface area contributed by atoms with Gasteiger partial charge in [-0.25, -0.2) is 0 Å². The first-order valence-electron chi connectivity index (χ1n) is 5.08. The number of hydrogen-bond donors (Lipinski definition) is 0. The summed E-state index contributed by atoms with van der Waals surface area (Å²) in [7, 11) is 6.17. The van der Waals surface area contributed by atoms with Crippen molar-refractivity contribution >= 4 is 7.85 Å². The normalized spacial score (nSPS) is 60.2. The molecule has 0 nitrogen and oxygen atoms in total. The van der Waals surface area contributed by atoms with E-state index in [1.165, 1.54) is 25.7 Å². The zero-order valence-electron chi connectivity index (χ0n) is 7.00. The van der Waals surface area contributed by atoms with Crippen LogP contribution in [0.25, 0.3) is 0 Å². The van der Waals surface area contributed by atoms with Crippen LogP contribution in [0.15, 0.2) is 0 Å². The molecule has 0 heterocycles.